The molecule has 0 atom stereocenters. The number of ether oxygens (including phenoxy) is 2. The summed E-state index contributed by atoms with van der Waals surface area (Å²) in [6.45, 7) is 3.35. The summed E-state index contributed by atoms with van der Waals surface area (Å²) in [6, 6.07) is 9.31. The molecule has 0 saturated carbocycles. The molecule has 0 unspecified atom stereocenters. The number of carbonyl (C=O) groups excluding carboxylic acids is 1. The van der Waals surface area contributed by atoms with Crippen LogP contribution in [0, 0.1) is 0 Å². The Bertz CT molecular complexity index is 578. The van der Waals surface area contributed by atoms with E-state index in [0.29, 0.717) is 5.75 Å². The first kappa shape index (κ1) is 12.4. The van der Waals surface area contributed by atoms with Crippen molar-refractivity contribution in [2.24, 2.45) is 0 Å². The van der Waals surface area contributed by atoms with Crippen LogP contribution in [0.3, 0.4) is 0 Å². The van der Waals surface area contributed by atoms with Gasteiger partial charge in [-0.1, -0.05) is 6.07 Å². The predicted molar refractivity (Wildman–Crippen MR) is 68.5 cm³/mol. The molecule has 0 aliphatic carbocycles. The molecule has 0 spiro atoms. The highest BCUT2D eigenvalue weighted by molar-refractivity contribution is 5.81. The van der Waals surface area contributed by atoms with Gasteiger partial charge in [0.15, 0.2) is 5.60 Å². The molecule has 0 fully saturated rings. The van der Waals surface area contributed by atoms with E-state index in [1.807, 2.05) is 24.3 Å². The minimum atomic E-state index is -1.01. The molecule has 0 saturated heterocycles. The van der Waals surface area contributed by atoms with Crippen LogP contribution in [0.1, 0.15) is 13.8 Å². The monoisotopic (exact) mass is 245 g/mol. The molecule has 0 bridgehead atoms. The van der Waals surface area contributed by atoms with Crippen LogP contribution in [0.25, 0.3) is 10.9 Å². The van der Waals surface area contributed by atoms with Crippen LogP contribution >= 0.6 is 0 Å². The number of pyridine rings is 1. The second kappa shape index (κ2) is 4.64. The Kier molecular flexibility index (Phi) is 3.19. The number of nitrogens with zero attached hydrogens (tertiary/aromatic N) is 1. The fraction of sp³-hybridized carbons (Fsp3) is 0.286. The van der Waals surface area contributed by atoms with Crippen LogP contribution in [-0.4, -0.2) is 23.7 Å². The SMILES string of the molecule is COC(=O)C(C)(C)Oc1ccc2ncccc2c1. The number of rotatable bonds is 3. The first-order chi connectivity index (χ1) is 8.53. The maximum absolute atomic E-state index is 11.5. The summed E-state index contributed by atoms with van der Waals surface area (Å²) in [5.74, 6) is 0.208. The highest BCUT2D eigenvalue weighted by Crippen LogP contribution is 2.23. The van der Waals surface area contributed by atoms with E-state index >= 15 is 0 Å². The van der Waals surface area contributed by atoms with E-state index in [2.05, 4.69) is 4.98 Å². The molecule has 94 valence electrons. The van der Waals surface area contributed by atoms with E-state index in [0.717, 1.165) is 10.9 Å². The number of aromatic nitrogens is 1. The van der Waals surface area contributed by atoms with E-state index in [1.54, 1.807) is 26.1 Å². The van der Waals surface area contributed by atoms with Crippen LogP contribution in [0.4, 0.5) is 0 Å². The smallest absolute Gasteiger partial charge is 0.349 e. The third kappa shape index (κ3) is 2.42. The van der Waals surface area contributed by atoms with Crippen molar-refractivity contribution in [3.8, 4) is 5.75 Å². The molecule has 0 aliphatic rings. The van der Waals surface area contributed by atoms with Crippen molar-refractivity contribution in [3.63, 3.8) is 0 Å². The van der Waals surface area contributed by atoms with Gasteiger partial charge in [-0.2, -0.15) is 0 Å². The summed E-state index contributed by atoms with van der Waals surface area (Å²) in [6.07, 6.45) is 1.74. The summed E-state index contributed by atoms with van der Waals surface area (Å²) in [7, 11) is 1.34. The third-order valence-electron chi connectivity index (χ3n) is 2.62. The summed E-state index contributed by atoms with van der Waals surface area (Å²) in [4.78, 5) is 15.8. The van der Waals surface area contributed by atoms with Gasteiger partial charge in [-0.05, 0) is 38.1 Å². The topological polar surface area (TPSA) is 48.4 Å². The highest BCUT2D eigenvalue weighted by Gasteiger charge is 2.31. The Hall–Kier alpha value is -2.10. The van der Waals surface area contributed by atoms with Gasteiger partial charge >= 0.3 is 5.97 Å². The summed E-state index contributed by atoms with van der Waals surface area (Å²) in [5, 5.41) is 0.968. The Labute approximate surface area is 106 Å². The van der Waals surface area contributed by atoms with Gasteiger partial charge in [-0.3, -0.25) is 4.98 Å². The molecular formula is C14H15NO3. The second-order valence-electron chi connectivity index (χ2n) is 4.46. The summed E-state index contributed by atoms with van der Waals surface area (Å²) >= 11 is 0. The number of methoxy groups -OCH3 is 1. The average Bonchev–Trinajstić information content (AvgIpc) is 2.37. The molecule has 1 aromatic heterocycles. The molecule has 1 heterocycles. The second-order valence-corrected chi connectivity index (χ2v) is 4.46. The zero-order chi connectivity index (χ0) is 13.2. The molecule has 2 aromatic rings. The van der Waals surface area contributed by atoms with Crippen LogP contribution in [-0.2, 0) is 9.53 Å². The van der Waals surface area contributed by atoms with Crippen molar-refractivity contribution < 1.29 is 14.3 Å². The minimum absolute atomic E-state index is 0.409. The first-order valence-corrected chi connectivity index (χ1v) is 5.65. The summed E-state index contributed by atoms with van der Waals surface area (Å²) < 4.78 is 10.4. The van der Waals surface area contributed by atoms with Gasteiger partial charge in [0, 0.05) is 11.6 Å². The van der Waals surface area contributed by atoms with Crippen molar-refractivity contribution in [1.82, 2.24) is 4.98 Å². The number of hydrogen-bond donors (Lipinski definition) is 0. The zero-order valence-corrected chi connectivity index (χ0v) is 10.6. The molecule has 4 heteroatoms. The van der Waals surface area contributed by atoms with Gasteiger partial charge in [0.25, 0.3) is 0 Å². The molecule has 0 N–H and O–H groups in total. The van der Waals surface area contributed by atoms with E-state index < -0.39 is 11.6 Å². The molecular weight excluding hydrogens is 230 g/mol. The lowest BCUT2D eigenvalue weighted by atomic mass is 10.1. The number of esters is 1. The molecule has 1 aromatic carbocycles. The van der Waals surface area contributed by atoms with Gasteiger partial charge in [-0.15, -0.1) is 0 Å². The van der Waals surface area contributed by atoms with E-state index in [-0.39, 0.29) is 0 Å². The average molecular weight is 245 g/mol. The number of hydrogen-bond acceptors (Lipinski definition) is 4. The van der Waals surface area contributed by atoms with Crippen molar-refractivity contribution in [2.45, 2.75) is 19.4 Å². The highest BCUT2D eigenvalue weighted by atomic mass is 16.6. The lowest BCUT2D eigenvalue weighted by molar-refractivity contribution is -0.156. The largest absolute Gasteiger partial charge is 0.476 e. The summed E-state index contributed by atoms with van der Waals surface area (Å²) in [5.41, 5.74) is -0.120. The maximum atomic E-state index is 11.5. The molecule has 0 aliphatic heterocycles. The van der Waals surface area contributed by atoms with Crippen molar-refractivity contribution in [3.05, 3.63) is 36.5 Å². The Morgan fingerprint density at radius 1 is 1.28 bits per heavy atom. The van der Waals surface area contributed by atoms with Crippen LogP contribution in [0.2, 0.25) is 0 Å². The van der Waals surface area contributed by atoms with E-state index in [4.69, 9.17) is 9.47 Å². The molecule has 0 amide bonds. The zero-order valence-electron chi connectivity index (χ0n) is 10.6. The lowest BCUT2D eigenvalue weighted by Gasteiger charge is -2.23. The quantitative estimate of drug-likeness (QED) is 0.780. The first-order valence-electron chi connectivity index (χ1n) is 5.65. The van der Waals surface area contributed by atoms with Crippen molar-refractivity contribution >= 4 is 16.9 Å². The van der Waals surface area contributed by atoms with Crippen molar-refractivity contribution in [2.75, 3.05) is 7.11 Å². The van der Waals surface area contributed by atoms with Gasteiger partial charge in [0.1, 0.15) is 5.75 Å². The fourth-order valence-corrected chi connectivity index (χ4v) is 1.70. The fourth-order valence-electron chi connectivity index (χ4n) is 1.70. The minimum Gasteiger partial charge on any atom is -0.476 e. The van der Waals surface area contributed by atoms with Crippen LogP contribution in [0.15, 0.2) is 36.5 Å². The standard InChI is InChI=1S/C14H15NO3/c1-14(2,13(16)17-3)18-11-6-7-12-10(9-11)5-4-8-15-12/h4-9H,1-3H3. The number of benzene rings is 1. The molecule has 2 rings (SSSR count). The number of carbonyl (C=O) groups is 1. The maximum Gasteiger partial charge on any atom is 0.349 e. The predicted octanol–water partition coefficient (Wildman–Crippen LogP) is 2.57. The van der Waals surface area contributed by atoms with E-state index in [9.17, 15) is 4.79 Å². The Balaban J connectivity index is 2.29. The van der Waals surface area contributed by atoms with Gasteiger partial charge in [0.05, 0.1) is 12.6 Å². The van der Waals surface area contributed by atoms with Crippen LogP contribution in [0.5, 0.6) is 5.75 Å². The van der Waals surface area contributed by atoms with Gasteiger partial charge in [0.2, 0.25) is 0 Å². The van der Waals surface area contributed by atoms with Gasteiger partial charge in [-0.25, -0.2) is 4.79 Å². The third-order valence-corrected chi connectivity index (χ3v) is 2.62. The Morgan fingerprint density at radius 2 is 2.06 bits per heavy atom. The normalized spacial score (nSPS) is 11.3. The Morgan fingerprint density at radius 3 is 2.78 bits per heavy atom. The van der Waals surface area contributed by atoms with Crippen LogP contribution < -0.4 is 4.74 Å². The van der Waals surface area contributed by atoms with Crippen molar-refractivity contribution in [1.29, 1.82) is 0 Å². The molecule has 18 heavy (non-hydrogen) atoms. The van der Waals surface area contributed by atoms with E-state index in [1.165, 1.54) is 7.11 Å². The lowest BCUT2D eigenvalue weighted by Crippen LogP contribution is -2.39. The molecule has 4 nitrogen and oxygen atoms in total. The number of fused-ring (bicyclic) bond motifs is 1. The van der Waals surface area contributed by atoms with Gasteiger partial charge < -0.3 is 9.47 Å². The molecule has 0 radical (unpaired) electrons.